The van der Waals surface area contributed by atoms with E-state index < -0.39 is 0 Å². The molecule has 0 aromatic heterocycles. The number of hydrogen-bond acceptors (Lipinski definition) is 2. The number of rotatable bonds is 6. The third-order valence-electron chi connectivity index (χ3n) is 2.64. The lowest BCUT2D eigenvalue weighted by Gasteiger charge is -2.16. The number of halogens is 2. The van der Waals surface area contributed by atoms with Crippen molar-refractivity contribution in [3.63, 3.8) is 0 Å². The molecule has 0 aliphatic carbocycles. The molecular weight excluding hydrogens is 227 g/mol. The van der Waals surface area contributed by atoms with Gasteiger partial charge < -0.3 is 0 Å². The van der Waals surface area contributed by atoms with Gasteiger partial charge in [-0.15, -0.1) is 0 Å². The van der Waals surface area contributed by atoms with Gasteiger partial charge in [-0.1, -0.05) is 43.5 Å². The summed E-state index contributed by atoms with van der Waals surface area (Å²) in [4.78, 5) is 0. The molecule has 4 heteroatoms. The van der Waals surface area contributed by atoms with Crippen molar-refractivity contribution in [3.8, 4) is 0 Å². The van der Waals surface area contributed by atoms with E-state index in [1.165, 1.54) is 6.07 Å². The smallest absolute Gasteiger partial charge is 0.142 e. The van der Waals surface area contributed by atoms with Crippen molar-refractivity contribution >= 4 is 11.6 Å². The molecule has 2 nitrogen and oxygen atoms in total. The van der Waals surface area contributed by atoms with Crippen LogP contribution in [0, 0.1) is 5.82 Å². The molecular formula is C12H18ClFN2. The minimum absolute atomic E-state index is 0.152. The summed E-state index contributed by atoms with van der Waals surface area (Å²) in [7, 11) is 0. The highest BCUT2D eigenvalue weighted by molar-refractivity contribution is 6.31. The van der Waals surface area contributed by atoms with Crippen LogP contribution < -0.4 is 11.3 Å². The van der Waals surface area contributed by atoms with E-state index in [1.807, 2.05) is 6.07 Å². The van der Waals surface area contributed by atoms with Gasteiger partial charge in [-0.25, -0.2) is 4.39 Å². The Kier molecular flexibility index (Phi) is 5.74. The summed E-state index contributed by atoms with van der Waals surface area (Å²) in [6, 6.07) is 5.02. The number of nitrogens with one attached hydrogen (secondary N) is 1. The molecule has 3 N–H and O–H groups in total. The molecule has 0 heterocycles. The zero-order valence-electron chi connectivity index (χ0n) is 9.47. The van der Waals surface area contributed by atoms with Crippen molar-refractivity contribution in [2.75, 3.05) is 0 Å². The van der Waals surface area contributed by atoms with Gasteiger partial charge in [-0.3, -0.25) is 11.3 Å². The molecule has 16 heavy (non-hydrogen) atoms. The highest BCUT2D eigenvalue weighted by Crippen LogP contribution is 2.21. The minimum atomic E-state index is -0.370. The summed E-state index contributed by atoms with van der Waals surface area (Å²) in [5.41, 5.74) is 3.56. The molecule has 0 spiro atoms. The van der Waals surface area contributed by atoms with Crippen molar-refractivity contribution in [3.05, 3.63) is 34.6 Å². The molecule has 1 aromatic carbocycles. The lowest BCUT2D eigenvalue weighted by atomic mass is 10.0. The van der Waals surface area contributed by atoms with Crippen LogP contribution in [0.4, 0.5) is 4.39 Å². The second-order valence-electron chi connectivity index (χ2n) is 3.92. The fourth-order valence-corrected chi connectivity index (χ4v) is 1.87. The predicted octanol–water partition coefficient (Wildman–Crippen LogP) is 3.04. The van der Waals surface area contributed by atoms with Gasteiger partial charge in [0.15, 0.2) is 0 Å². The van der Waals surface area contributed by atoms with E-state index in [0.29, 0.717) is 6.42 Å². The number of nitrogens with two attached hydrogens (primary N) is 1. The Labute approximate surface area is 101 Å². The van der Waals surface area contributed by atoms with Crippen molar-refractivity contribution in [1.82, 2.24) is 5.43 Å². The second kappa shape index (κ2) is 6.84. The van der Waals surface area contributed by atoms with Gasteiger partial charge in [-0.05, 0) is 24.5 Å². The van der Waals surface area contributed by atoms with Gasteiger partial charge in [0, 0.05) is 6.04 Å². The molecule has 0 radical (unpaired) electrons. The maximum Gasteiger partial charge on any atom is 0.142 e. The molecule has 0 aliphatic heterocycles. The van der Waals surface area contributed by atoms with Crippen LogP contribution in [-0.2, 0) is 6.42 Å². The molecule has 0 fully saturated rings. The van der Waals surface area contributed by atoms with Crippen LogP contribution in [0.5, 0.6) is 0 Å². The number of hydrogen-bond donors (Lipinski definition) is 2. The van der Waals surface area contributed by atoms with E-state index >= 15 is 0 Å². The molecule has 1 atom stereocenters. The lowest BCUT2D eigenvalue weighted by molar-refractivity contribution is 0.472. The molecule has 0 aliphatic rings. The Morgan fingerprint density at radius 3 is 2.88 bits per heavy atom. The molecule has 0 amide bonds. The van der Waals surface area contributed by atoms with E-state index in [4.69, 9.17) is 17.4 Å². The Morgan fingerprint density at radius 1 is 1.50 bits per heavy atom. The fourth-order valence-electron chi connectivity index (χ4n) is 1.67. The van der Waals surface area contributed by atoms with Gasteiger partial charge >= 0.3 is 0 Å². The van der Waals surface area contributed by atoms with Crippen LogP contribution in [0.25, 0.3) is 0 Å². The molecule has 0 bridgehead atoms. The summed E-state index contributed by atoms with van der Waals surface area (Å²) < 4.78 is 13.2. The minimum Gasteiger partial charge on any atom is -0.271 e. The third-order valence-corrected chi connectivity index (χ3v) is 3.06. The summed E-state index contributed by atoms with van der Waals surface area (Å²) in [5.74, 6) is 5.09. The Hall–Kier alpha value is -0.640. The van der Waals surface area contributed by atoms with Crippen molar-refractivity contribution in [1.29, 1.82) is 0 Å². The van der Waals surface area contributed by atoms with Crippen molar-refractivity contribution in [2.45, 2.75) is 38.6 Å². The van der Waals surface area contributed by atoms with Crippen LogP contribution in [0.1, 0.15) is 31.7 Å². The lowest BCUT2D eigenvalue weighted by Crippen LogP contribution is -2.36. The number of hydrazine groups is 1. The third kappa shape index (κ3) is 3.74. The molecule has 1 rings (SSSR count). The van der Waals surface area contributed by atoms with Crippen LogP contribution in [-0.4, -0.2) is 6.04 Å². The zero-order chi connectivity index (χ0) is 12.0. The monoisotopic (exact) mass is 244 g/mol. The van der Waals surface area contributed by atoms with Gasteiger partial charge in [-0.2, -0.15) is 0 Å². The Balaban J connectivity index is 2.66. The zero-order valence-corrected chi connectivity index (χ0v) is 10.2. The molecule has 90 valence electrons. The van der Waals surface area contributed by atoms with Crippen LogP contribution in [0.3, 0.4) is 0 Å². The summed E-state index contributed by atoms with van der Waals surface area (Å²) >= 11 is 5.88. The molecule has 0 saturated heterocycles. The topological polar surface area (TPSA) is 38.0 Å². The second-order valence-corrected chi connectivity index (χ2v) is 4.30. The summed E-state index contributed by atoms with van der Waals surface area (Å²) in [5, 5.41) is 0.208. The van der Waals surface area contributed by atoms with Gasteiger partial charge in [0.25, 0.3) is 0 Å². The normalized spacial score (nSPS) is 12.8. The van der Waals surface area contributed by atoms with Crippen LogP contribution >= 0.6 is 11.6 Å². The van der Waals surface area contributed by atoms with E-state index in [1.54, 1.807) is 6.07 Å². The molecule has 1 unspecified atom stereocenters. The average molecular weight is 245 g/mol. The van der Waals surface area contributed by atoms with E-state index in [2.05, 4.69) is 12.3 Å². The summed E-state index contributed by atoms with van der Waals surface area (Å²) in [6.45, 7) is 2.13. The van der Waals surface area contributed by atoms with Crippen molar-refractivity contribution in [2.24, 2.45) is 5.84 Å². The Morgan fingerprint density at radius 2 is 2.25 bits per heavy atom. The van der Waals surface area contributed by atoms with E-state index in [-0.39, 0.29) is 16.9 Å². The highest BCUT2D eigenvalue weighted by atomic mass is 35.5. The van der Waals surface area contributed by atoms with Gasteiger partial charge in [0.05, 0.1) is 5.02 Å². The largest absolute Gasteiger partial charge is 0.271 e. The van der Waals surface area contributed by atoms with E-state index in [9.17, 15) is 4.39 Å². The first-order valence-electron chi connectivity index (χ1n) is 5.58. The number of unbranched alkanes of at least 4 members (excludes halogenated alkanes) is 1. The quantitative estimate of drug-likeness (QED) is 0.596. The number of benzene rings is 1. The predicted molar refractivity (Wildman–Crippen MR) is 65.8 cm³/mol. The SMILES string of the molecule is CCCCC(Cc1cccc(F)c1Cl)NN. The summed E-state index contributed by atoms with van der Waals surface area (Å²) in [6.07, 6.45) is 3.85. The van der Waals surface area contributed by atoms with Gasteiger partial charge in [0.2, 0.25) is 0 Å². The van der Waals surface area contributed by atoms with Crippen LogP contribution in [0.15, 0.2) is 18.2 Å². The molecule has 0 saturated carbocycles. The first kappa shape index (κ1) is 13.4. The first-order valence-corrected chi connectivity index (χ1v) is 5.95. The fraction of sp³-hybridized carbons (Fsp3) is 0.500. The first-order chi connectivity index (χ1) is 7.69. The maximum absolute atomic E-state index is 13.2. The van der Waals surface area contributed by atoms with Gasteiger partial charge in [0.1, 0.15) is 5.82 Å². The Bertz CT molecular complexity index is 331. The molecule has 1 aromatic rings. The van der Waals surface area contributed by atoms with Crippen molar-refractivity contribution < 1.29 is 4.39 Å². The average Bonchev–Trinajstić information content (AvgIpc) is 2.30. The standard InChI is InChI=1S/C12H18ClFN2/c1-2-3-6-10(16-15)8-9-5-4-7-11(14)12(9)13/h4-5,7,10,16H,2-3,6,8,15H2,1H3. The van der Waals surface area contributed by atoms with Crippen LogP contribution in [0.2, 0.25) is 5.02 Å². The maximum atomic E-state index is 13.2. The highest BCUT2D eigenvalue weighted by Gasteiger charge is 2.11. The van der Waals surface area contributed by atoms with E-state index in [0.717, 1.165) is 24.8 Å².